The van der Waals surface area contributed by atoms with E-state index in [1.807, 2.05) is 25.1 Å². The zero-order valence-electron chi connectivity index (χ0n) is 17.0. The zero-order valence-corrected chi connectivity index (χ0v) is 20.9. The summed E-state index contributed by atoms with van der Waals surface area (Å²) in [6.07, 6.45) is 0. The Morgan fingerprint density at radius 3 is 2.28 bits per heavy atom. The van der Waals surface area contributed by atoms with E-state index in [9.17, 15) is 8.42 Å². The highest BCUT2D eigenvalue weighted by Crippen LogP contribution is 2.16. The molecule has 0 unspecified atom stereocenters. The number of nitrogens with zero attached hydrogens (tertiary/aromatic N) is 2. The Morgan fingerprint density at radius 1 is 1.03 bits per heavy atom. The number of nitrogens with one attached hydrogen (secondary N) is 2. The summed E-state index contributed by atoms with van der Waals surface area (Å²) in [4.78, 5) is 6.11. The Kier molecular flexibility index (Phi) is 11.6. The van der Waals surface area contributed by atoms with E-state index in [4.69, 9.17) is 0 Å². The molecular formula is C20H29IN4O2S2. The predicted molar refractivity (Wildman–Crippen MR) is 133 cm³/mol. The molecule has 160 valence electrons. The minimum atomic E-state index is -3.40. The first-order chi connectivity index (χ1) is 13.4. The molecule has 6 nitrogen and oxygen atoms in total. The summed E-state index contributed by atoms with van der Waals surface area (Å²) in [5.41, 5.74) is 0.952. The Balaban J connectivity index is 0.00000420. The molecular weight excluding hydrogens is 519 g/mol. The summed E-state index contributed by atoms with van der Waals surface area (Å²) in [5, 5.41) is 6.56. The molecule has 2 aromatic rings. The maximum Gasteiger partial charge on any atom is 0.242 e. The van der Waals surface area contributed by atoms with Crippen LogP contribution >= 0.6 is 35.7 Å². The lowest BCUT2D eigenvalue weighted by atomic mass is 10.2. The molecule has 0 amide bonds. The van der Waals surface area contributed by atoms with Gasteiger partial charge in [-0.1, -0.05) is 30.3 Å². The maximum absolute atomic E-state index is 12.1. The number of benzene rings is 2. The van der Waals surface area contributed by atoms with E-state index in [0.29, 0.717) is 6.54 Å². The molecule has 0 bridgehead atoms. The van der Waals surface area contributed by atoms with Crippen LogP contribution in [0.5, 0.6) is 0 Å². The molecule has 0 aliphatic rings. The van der Waals surface area contributed by atoms with Crippen molar-refractivity contribution in [2.45, 2.75) is 23.3 Å². The van der Waals surface area contributed by atoms with Gasteiger partial charge in [-0.05, 0) is 36.8 Å². The fourth-order valence-electron chi connectivity index (χ4n) is 2.34. The molecule has 2 rings (SSSR count). The first-order valence-corrected chi connectivity index (χ1v) is 11.6. The van der Waals surface area contributed by atoms with Crippen molar-refractivity contribution in [1.29, 1.82) is 0 Å². The molecule has 0 saturated carbocycles. The molecule has 0 saturated heterocycles. The van der Waals surface area contributed by atoms with Gasteiger partial charge in [0.2, 0.25) is 10.0 Å². The largest absolute Gasteiger partial charge is 0.357 e. The number of thioether (sulfide) groups is 1. The summed E-state index contributed by atoms with van der Waals surface area (Å²) in [5.74, 6) is 1.69. The van der Waals surface area contributed by atoms with Gasteiger partial charge in [0.1, 0.15) is 0 Å². The third kappa shape index (κ3) is 8.53. The molecule has 0 aliphatic carbocycles. The van der Waals surface area contributed by atoms with E-state index in [0.717, 1.165) is 30.4 Å². The lowest BCUT2D eigenvalue weighted by Gasteiger charge is -2.12. The summed E-state index contributed by atoms with van der Waals surface area (Å²) in [7, 11) is -0.349. The van der Waals surface area contributed by atoms with Gasteiger partial charge in [-0.2, -0.15) is 0 Å². The van der Waals surface area contributed by atoms with Crippen LogP contribution in [0.3, 0.4) is 0 Å². The number of aliphatic imine (C=N–C) groups is 1. The van der Waals surface area contributed by atoms with Crippen LogP contribution in [-0.4, -0.2) is 51.6 Å². The van der Waals surface area contributed by atoms with Crippen LogP contribution in [0, 0.1) is 0 Å². The van der Waals surface area contributed by atoms with E-state index in [-0.39, 0.29) is 28.9 Å². The third-order valence-electron chi connectivity index (χ3n) is 3.87. The number of halogens is 1. The number of rotatable bonds is 9. The van der Waals surface area contributed by atoms with Crippen LogP contribution in [-0.2, 0) is 16.6 Å². The highest BCUT2D eigenvalue weighted by atomic mass is 127. The monoisotopic (exact) mass is 548 g/mol. The molecule has 0 heterocycles. The van der Waals surface area contributed by atoms with Crippen molar-refractivity contribution >= 4 is 51.7 Å². The van der Waals surface area contributed by atoms with Crippen LogP contribution < -0.4 is 10.6 Å². The van der Waals surface area contributed by atoms with E-state index in [1.54, 1.807) is 36.0 Å². The first kappa shape index (κ1) is 25.7. The van der Waals surface area contributed by atoms with E-state index in [2.05, 4.69) is 27.8 Å². The molecule has 0 aromatic heterocycles. The molecule has 2 N–H and O–H groups in total. The second-order valence-electron chi connectivity index (χ2n) is 6.21. The number of hydrogen-bond donors (Lipinski definition) is 2. The predicted octanol–water partition coefficient (Wildman–Crippen LogP) is 3.40. The first-order valence-electron chi connectivity index (χ1n) is 9.15. The summed E-state index contributed by atoms with van der Waals surface area (Å²) >= 11 is 1.79. The second kappa shape index (κ2) is 13.1. The number of hydrogen-bond acceptors (Lipinski definition) is 4. The Hall–Kier alpha value is -1.30. The average molecular weight is 549 g/mol. The van der Waals surface area contributed by atoms with Gasteiger partial charge in [0.25, 0.3) is 0 Å². The fraction of sp³-hybridized carbons (Fsp3) is 0.350. The van der Waals surface area contributed by atoms with Crippen molar-refractivity contribution in [3.05, 3.63) is 60.2 Å². The van der Waals surface area contributed by atoms with Crippen molar-refractivity contribution in [2.24, 2.45) is 4.99 Å². The van der Waals surface area contributed by atoms with Gasteiger partial charge in [-0.25, -0.2) is 17.7 Å². The average Bonchev–Trinajstić information content (AvgIpc) is 2.70. The van der Waals surface area contributed by atoms with Gasteiger partial charge >= 0.3 is 0 Å². The van der Waals surface area contributed by atoms with E-state index >= 15 is 0 Å². The lowest BCUT2D eigenvalue weighted by molar-refractivity contribution is 0.520. The maximum atomic E-state index is 12.1. The van der Waals surface area contributed by atoms with Gasteiger partial charge < -0.3 is 10.6 Å². The van der Waals surface area contributed by atoms with Gasteiger partial charge in [-0.3, -0.25) is 0 Å². The minimum Gasteiger partial charge on any atom is -0.357 e. The number of guanidine groups is 1. The van der Waals surface area contributed by atoms with E-state index in [1.165, 1.54) is 23.3 Å². The highest BCUT2D eigenvalue weighted by Gasteiger charge is 2.16. The molecule has 0 aliphatic heterocycles. The summed E-state index contributed by atoms with van der Waals surface area (Å²) < 4.78 is 25.4. The van der Waals surface area contributed by atoms with Crippen LogP contribution in [0.15, 0.2) is 69.4 Å². The van der Waals surface area contributed by atoms with Crippen LogP contribution in [0.4, 0.5) is 0 Å². The Bertz CT molecular complexity index is 858. The molecule has 0 radical (unpaired) electrons. The summed E-state index contributed by atoms with van der Waals surface area (Å²) in [6.45, 7) is 4.07. The van der Waals surface area contributed by atoms with Crippen LogP contribution in [0.2, 0.25) is 0 Å². The van der Waals surface area contributed by atoms with Gasteiger partial charge in [0.05, 0.1) is 11.4 Å². The van der Waals surface area contributed by atoms with Gasteiger partial charge in [0, 0.05) is 37.8 Å². The molecule has 0 fully saturated rings. The Labute approximate surface area is 195 Å². The molecule has 0 atom stereocenters. The topological polar surface area (TPSA) is 73.8 Å². The Morgan fingerprint density at radius 2 is 1.69 bits per heavy atom. The lowest BCUT2D eigenvalue weighted by Crippen LogP contribution is -2.38. The zero-order chi connectivity index (χ0) is 20.4. The fourth-order valence-corrected chi connectivity index (χ4v) is 4.04. The standard InChI is InChI=1S/C20H28N4O2S2.HI/c1-4-21-20(22-14-15-27-18-8-6-5-7-9-18)23-16-17-10-12-19(13-11-17)28(25,26)24(2)3;/h5-13H,4,14-16H2,1-3H3,(H2,21,22,23);1H. The van der Waals surface area contributed by atoms with Crippen LogP contribution in [0.1, 0.15) is 12.5 Å². The van der Waals surface area contributed by atoms with Gasteiger partial charge in [-0.15, -0.1) is 35.7 Å². The smallest absolute Gasteiger partial charge is 0.242 e. The molecule has 0 spiro atoms. The number of sulfonamides is 1. The van der Waals surface area contributed by atoms with Crippen molar-refractivity contribution < 1.29 is 8.42 Å². The van der Waals surface area contributed by atoms with Gasteiger partial charge in [0.15, 0.2) is 5.96 Å². The van der Waals surface area contributed by atoms with Crippen molar-refractivity contribution in [1.82, 2.24) is 14.9 Å². The highest BCUT2D eigenvalue weighted by molar-refractivity contribution is 14.0. The SMILES string of the molecule is CCNC(=NCc1ccc(S(=O)(=O)N(C)C)cc1)NCCSc1ccccc1.I. The second-order valence-corrected chi connectivity index (χ2v) is 9.53. The quantitative estimate of drug-likeness (QED) is 0.165. The minimum absolute atomic E-state index is 0. The summed E-state index contributed by atoms with van der Waals surface area (Å²) in [6, 6.07) is 17.1. The molecule has 9 heteroatoms. The van der Waals surface area contributed by atoms with Crippen molar-refractivity contribution in [3.63, 3.8) is 0 Å². The van der Waals surface area contributed by atoms with Crippen molar-refractivity contribution in [2.75, 3.05) is 32.9 Å². The molecule has 2 aromatic carbocycles. The van der Waals surface area contributed by atoms with E-state index < -0.39 is 10.0 Å². The molecule has 29 heavy (non-hydrogen) atoms. The normalized spacial score (nSPS) is 11.8. The third-order valence-corrected chi connectivity index (χ3v) is 6.72. The van der Waals surface area contributed by atoms with Crippen molar-refractivity contribution in [3.8, 4) is 0 Å². The van der Waals surface area contributed by atoms with Crippen LogP contribution in [0.25, 0.3) is 0 Å².